The number of carbonyl (C=O) groups is 2. The zero-order chi connectivity index (χ0) is 9.30. The molecule has 0 spiro atoms. The smallest absolute Gasteiger partial charge is 0.308 e. The zero-order valence-corrected chi connectivity index (χ0v) is 6.43. The maximum absolute atomic E-state index is 10.5. The van der Waals surface area contributed by atoms with E-state index in [0.717, 1.165) is 0 Å². The number of nitrogens with two attached hydrogens (primary N) is 1. The van der Waals surface area contributed by atoms with E-state index in [1.807, 2.05) is 0 Å². The van der Waals surface area contributed by atoms with Crippen LogP contribution in [0.1, 0.15) is 12.8 Å². The summed E-state index contributed by atoms with van der Waals surface area (Å²) in [6.07, 6.45) is 0.429. The maximum Gasteiger partial charge on any atom is 0.308 e. The minimum atomic E-state index is -0.994. The summed E-state index contributed by atoms with van der Waals surface area (Å²) in [6, 6.07) is -0.511. The summed E-state index contributed by atoms with van der Waals surface area (Å²) in [4.78, 5) is 21.0. The van der Waals surface area contributed by atoms with Gasteiger partial charge >= 0.3 is 11.9 Å². The normalized spacial score (nSPS) is 34.9. The first-order valence-electron chi connectivity index (χ1n) is 3.73. The molecule has 0 amide bonds. The third-order valence-electron chi connectivity index (χ3n) is 2.28. The average molecular weight is 173 g/mol. The van der Waals surface area contributed by atoms with E-state index in [1.165, 1.54) is 0 Å². The fourth-order valence-corrected chi connectivity index (χ4v) is 1.56. The predicted octanol–water partition coefficient (Wildman–Crippen LogP) is -0.491. The third-order valence-corrected chi connectivity index (χ3v) is 2.28. The number of hydrogen-bond donors (Lipinski definition) is 3. The lowest BCUT2D eigenvalue weighted by Gasteiger charge is -2.07. The van der Waals surface area contributed by atoms with Gasteiger partial charge in [-0.3, -0.25) is 9.59 Å². The van der Waals surface area contributed by atoms with Gasteiger partial charge in [0.1, 0.15) is 0 Å². The van der Waals surface area contributed by atoms with Gasteiger partial charge in [-0.1, -0.05) is 0 Å². The lowest BCUT2D eigenvalue weighted by Crippen LogP contribution is -2.30. The summed E-state index contributed by atoms with van der Waals surface area (Å²) >= 11 is 0. The van der Waals surface area contributed by atoms with E-state index in [4.69, 9.17) is 15.9 Å². The van der Waals surface area contributed by atoms with Crippen molar-refractivity contribution in [2.45, 2.75) is 18.9 Å². The molecule has 0 bridgehead atoms. The van der Waals surface area contributed by atoms with Crippen molar-refractivity contribution in [3.63, 3.8) is 0 Å². The Kier molecular flexibility index (Phi) is 2.32. The van der Waals surface area contributed by atoms with Gasteiger partial charge < -0.3 is 15.9 Å². The fraction of sp³-hybridized carbons (Fsp3) is 0.714. The number of rotatable bonds is 2. The largest absolute Gasteiger partial charge is 0.481 e. The monoisotopic (exact) mass is 173 g/mol. The highest BCUT2D eigenvalue weighted by Crippen LogP contribution is 2.30. The first kappa shape index (κ1) is 8.99. The standard InChI is InChI=1S/C7H11NO4/c8-5-2-3(6(9)10)1-4(5)7(11)12/h3-5H,1-2,8H2,(H,9,10)(H,11,12). The van der Waals surface area contributed by atoms with E-state index >= 15 is 0 Å². The molecule has 1 rings (SSSR count). The summed E-state index contributed by atoms with van der Waals surface area (Å²) in [5, 5.41) is 17.2. The average Bonchev–Trinajstić information content (AvgIpc) is 2.30. The molecule has 5 nitrogen and oxygen atoms in total. The number of carboxylic acids is 2. The Balaban J connectivity index is 2.62. The van der Waals surface area contributed by atoms with E-state index in [2.05, 4.69) is 0 Å². The molecule has 3 atom stereocenters. The lowest BCUT2D eigenvalue weighted by atomic mass is 10.0. The SMILES string of the molecule is NC1CC(C(=O)O)CC1C(=O)O. The van der Waals surface area contributed by atoms with Gasteiger partial charge in [0.2, 0.25) is 0 Å². The molecule has 1 saturated carbocycles. The van der Waals surface area contributed by atoms with Gasteiger partial charge in [-0.2, -0.15) is 0 Å². The molecule has 0 aromatic carbocycles. The molecule has 1 aliphatic rings. The highest BCUT2D eigenvalue weighted by Gasteiger charge is 2.39. The molecule has 0 aromatic heterocycles. The fourth-order valence-electron chi connectivity index (χ4n) is 1.56. The quantitative estimate of drug-likeness (QED) is 0.523. The minimum Gasteiger partial charge on any atom is -0.481 e. The van der Waals surface area contributed by atoms with Gasteiger partial charge in [-0.25, -0.2) is 0 Å². The van der Waals surface area contributed by atoms with E-state index in [-0.39, 0.29) is 12.8 Å². The van der Waals surface area contributed by atoms with Crippen LogP contribution in [0.25, 0.3) is 0 Å². The Morgan fingerprint density at radius 1 is 1.17 bits per heavy atom. The molecular formula is C7H11NO4. The van der Waals surface area contributed by atoms with Crippen LogP contribution in [0, 0.1) is 11.8 Å². The number of aliphatic carboxylic acids is 2. The molecule has 0 aromatic rings. The van der Waals surface area contributed by atoms with Crippen LogP contribution in [0.3, 0.4) is 0 Å². The third kappa shape index (κ3) is 1.55. The van der Waals surface area contributed by atoms with E-state index < -0.39 is 29.8 Å². The van der Waals surface area contributed by atoms with Crippen molar-refractivity contribution in [2.75, 3.05) is 0 Å². The van der Waals surface area contributed by atoms with Crippen LogP contribution >= 0.6 is 0 Å². The van der Waals surface area contributed by atoms with Crippen LogP contribution in [0.4, 0.5) is 0 Å². The Bertz CT molecular complexity index is 215. The van der Waals surface area contributed by atoms with Gasteiger partial charge in [-0.05, 0) is 12.8 Å². The van der Waals surface area contributed by atoms with Crippen LogP contribution in [0.2, 0.25) is 0 Å². The van der Waals surface area contributed by atoms with Gasteiger partial charge in [0, 0.05) is 6.04 Å². The molecule has 1 aliphatic carbocycles. The Morgan fingerprint density at radius 3 is 2.00 bits per heavy atom. The van der Waals surface area contributed by atoms with E-state index in [0.29, 0.717) is 0 Å². The summed E-state index contributed by atoms with van der Waals surface area (Å²) < 4.78 is 0. The lowest BCUT2D eigenvalue weighted by molar-refractivity contribution is -0.143. The van der Waals surface area contributed by atoms with Crippen molar-refractivity contribution in [1.29, 1.82) is 0 Å². The summed E-state index contributed by atoms with van der Waals surface area (Å²) in [5.74, 6) is -3.22. The highest BCUT2D eigenvalue weighted by atomic mass is 16.4. The molecule has 0 aliphatic heterocycles. The number of hydrogen-bond acceptors (Lipinski definition) is 3. The molecular weight excluding hydrogens is 162 g/mol. The Morgan fingerprint density at radius 2 is 1.75 bits per heavy atom. The van der Waals surface area contributed by atoms with Crippen molar-refractivity contribution < 1.29 is 19.8 Å². The van der Waals surface area contributed by atoms with Crippen molar-refractivity contribution in [3.05, 3.63) is 0 Å². The molecule has 68 valence electrons. The Labute approximate surface area is 69.2 Å². The molecule has 0 radical (unpaired) electrons. The maximum atomic E-state index is 10.5. The van der Waals surface area contributed by atoms with Crippen LogP contribution in [-0.2, 0) is 9.59 Å². The molecule has 0 heterocycles. The minimum absolute atomic E-state index is 0.159. The van der Waals surface area contributed by atoms with E-state index in [1.54, 1.807) is 0 Å². The molecule has 5 heteroatoms. The molecule has 1 fully saturated rings. The van der Waals surface area contributed by atoms with Gasteiger partial charge in [0.15, 0.2) is 0 Å². The second-order valence-electron chi connectivity index (χ2n) is 3.12. The summed E-state index contributed by atoms with van der Waals surface area (Å²) in [7, 11) is 0. The topological polar surface area (TPSA) is 101 Å². The molecule has 3 unspecified atom stereocenters. The van der Waals surface area contributed by atoms with Crippen molar-refractivity contribution in [3.8, 4) is 0 Å². The van der Waals surface area contributed by atoms with E-state index in [9.17, 15) is 9.59 Å². The summed E-state index contributed by atoms with van der Waals surface area (Å²) in [6.45, 7) is 0. The van der Waals surface area contributed by atoms with Crippen LogP contribution in [0.15, 0.2) is 0 Å². The molecule has 0 saturated heterocycles. The van der Waals surface area contributed by atoms with Gasteiger partial charge in [0.25, 0.3) is 0 Å². The number of carboxylic acid groups (broad SMARTS) is 2. The molecule has 12 heavy (non-hydrogen) atoms. The van der Waals surface area contributed by atoms with Gasteiger partial charge in [0.05, 0.1) is 11.8 Å². The molecule has 4 N–H and O–H groups in total. The first-order valence-corrected chi connectivity index (χ1v) is 3.73. The second kappa shape index (κ2) is 3.10. The van der Waals surface area contributed by atoms with Crippen LogP contribution < -0.4 is 5.73 Å². The first-order chi connectivity index (χ1) is 5.52. The second-order valence-corrected chi connectivity index (χ2v) is 3.12. The van der Waals surface area contributed by atoms with Crippen molar-refractivity contribution in [1.82, 2.24) is 0 Å². The highest BCUT2D eigenvalue weighted by molar-refractivity contribution is 5.76. The van der Waals surface area contributed by atoms with Crippen LogP contribution in [-0.4, -0.2) is 28.2 Å². The van der Waals surface area contributed by atoms with Crippen LogP contribution in [0.5, 0.6) is 0 Å². The predicted molar refractivity (Wildman–Crippen MR) is 39.5 cm³/mol. The van der Waals surface area contributed by atoms with Crippen molar-refractivity contribution >= 4 is 11.9 Å². The van der Waals surface area contributed by atoms with Crippen molar-refractivity contribution in [2.24, 2.45) is 17.6 Å². The van der Waals surface area contributed by atoms with Gasteiger partial charge in [-0.15, -0.1) is 0 Å². The zero-order valence-electron chi connectivity index (χ0n) is 6.43. The summed E-state index contributed by atoms with van der Waals surface area (Å²) in [5.41, 5.74) is 5.46. The Hall–Kier alpha value is -1.10.